The van der Waals surface area contributed by atoms with Gasteiger partial charge in [0, 0.05) is 11.7 Å². The second-order valence-electron chi connectivity index (χ2n) is 5.83. The lowest BCUT2D eigenvalue weighted by atomic mass is 10.1. The molecule has 1 aliphatic rings. The standard InChI is InChI=1S/C18H15N3O4/c1-11-9-12-5-2-3-6-14(12)21(11)17(23)13-10-25-18(19-13)20-16(22)15-7-4-8-24-15/h2-8,10-11H,9H2,1H3,(H,19,20,22). The van der Waals surface area contributed by atoms with Gasteiger partial charge in [-0.2, -0.15) is 4.98 Å². The zero-order chi connectivity index (χ0) is 17.4. The first-order chi connectivity index (χ1) is 12.1. The van der Waals surface area contributed by atoms with Crippen molar-refractivity contribution in [3.63, 3.8) is 0 Å². The van der Waals surface area contributed by atoms with Gasteiger partial charge in [-0.3, -0.25) is 14.9 Å². The maximum Gasteiger partial charge on any atom is 0.302 e. The first kappa shape index (κ1) is 15.2. The average molecular weight is 337 g/mol. The number of hydrogen-bond acceptors (Lipinski definition) is 5. The number of rotatable bonds is 3. The Morgan fingerprint density at radius 2 is 2.04 bits per heavy atom. The number of aromatic nitrogens is 1. The third-order valence-electron chi connectivity index (χ3n) is 4.11. The Hall–Kier alpha value is -3.35. The lowest BCUT2D eigenvalue weighted by Crippen LogP contribution is -2.35. The summed E-state index contributed by atoms with van der Waals surface area (Å²) in [6.07, 6.45) is 3.43. The number of carbonyl (C=O) groups is 2. The molecule has 0 radical (unpaired) electrons. The van der Waals surface area contributed by atoms with Crippen LogP contribution in [-0.4, -0.2) is 22.8 Å². The summed E-state index contributed by atoms with van der Waals surface area (Å²) in [6, 6.07) is 10.9. The number of anilines is 2. The van der Waals surface area contributed by atoms with Gasteiger partial charge < -0.3 is 13.7 Å². The minimum absolute atomic E-state index is 0.0303. The third-order valence-corrected chi connectivity index (χ3v) is 4.11. The number of carbonyl (C=O) groups excluding carboxylic acids is 2. The molecule has 1 aromatic carbocycles. The molecule has 25 heavy (non-hydrogen) atoms. The van der Waals surface area contributed by atoms with Gasteiger partial charge >= 0.3 is 6.01 Å². The molecule has 7 heteroatoms. The van der Waals surface area contributed by atoms with E-state index >= 15 is 0 Å². The second-order valence-corrected chi connectivity index (χ2v) is 5.83. The monoisotopic (exact) mass is 337 g/mol. The normalized spacial score (nSPS) is 15.9. The van der Waals surface area contributed by atoms with Crippen molar-refractivity contribution in [3.8, 4) is 0 Å². The van der Waals surface area contributed by atoms with Crippen LogP contribution in [0.4, 0.5) is 11.7 Å². The Kier molecular flexibility index (Phi) is 3.61. The molecule has 3 heterocycles. The van der Waals surface area contributed by atoms with E-state index in [4.69, 9.17) is 8.83 Å². The van der Waals surface area contributed by atoms with E-state index < -0.39 is 5.91 Å². The minimum Gasteiger partial charge on any atom is -0.459 e. The van der Waals surface area contributed by atoms with E-state index in [9.17, 15) is 9.59 Å². The summed E-state index contributed by atoms with van der Waals surface area (Å²) in [7, 11) is 0. The highest BCUT2D eigenvalue weighted by atomic mass is 16.4. The van der Waals surface area contributed by atoms with Crippen LogP contribution in [0.3, 0.4) is 0 Å². The quantitative estimate of drug-likeness (QED) is 0.793. The number of furan rings is 1. The fourth-order valence-electron chi connectivity index (χ4n) is 2.99. The van der Waals surface area contributed by atoms with Crippen LogP contribution in [0, 0.1) is 0 Å². The molecule has 0 fully saturated rings. The summed E-state index contributed by atoms with van der Waals surface area (Å²) in [4.78, 5) is 30.5. The van der Waals surface area contributed by atoms with E-state index in [1.54, 1.807) is 11.0 Å². The Morgan fingerprint density at radius 3 is 2.84 bits per heavy atom. The number of oxazole rings is 1. The van der Waals surface area contributed by atoms with Gasteiger partial charge in [-0.25, -0.2) is 0 Å². The minimum atomic E-state index is -0.495. The molecule has 2 aromatic heterocycles. The number of nitrogens with zero attached hydrogens (tertiary/aromatic N) is 2. The molecule has 1 unspecified atom stereocenters. The van der Waals surface area contributed by atoms with E-state index in [1.165, 1.54) is 18.6 Å². The fourth-order valence-corrected chi connectivity index (χ4v) is 2.99. The van der Waals surface area contributed by atoms with Gasteiger partial charge in [0.15, 0.2) is 11.5 Å². The summed E-state index contributed by atoms with van der Waals surface area (Å²) in [6.45, 7) is 1.98. The van der Waals surface area contributed by atoms with Crippen molar-refractivity contribution in [1.82, 2.24) is 4.98 Å². The van der Waals surface area contributed by atoms with Crippen LogP contribution in [0.15, 0.2) is 57.8 Å². The molecule has 126 valence electrons. The molecule has 0 saturated heterocycles. The van der Waals surface area contributed by atoms with Crippen molar-refractivity contribution in [2.24, 2.45) is 0 Å². The van der Waals surface area contributed by atoms with Crippen molar-refractivity contribution in [2.75, 3.05) is 10.2 Å². The topological polar surface area (TPSA) is 88.6 Å². The zero-order valence-corrected chi connectivity index (χ0v) is 13.4. The lowest BCUT2D eigenvalue weighted by molar-refractivity contribution is 0.0972. The Morgan fingerprint density at radius 1 is 1.20 bits per heavy atom. The Bertz CT molecular complexity index is 929. The van der Waals surface area contributed by atoms with Crippen molar-refractivity contribution < 1.29 is 18.4 Å². The predicted molar refractivity (Wildman–Crippen MR) is 89.6 cm³/mol. The number of hydrogen-bond donors (Lipinski definition) is 1. The van der Waals surface area contributed by atoms with Crippen LogP contribution in [-0.2, 0) is 6.42 Å². The van der Waals surface area contributed by atoms with Crippen molar-refractivity contribution in [2.45, 2.75) is 19.4 Å². The molecule has 1 N–H and O–H groups in total. The molecule has 1 aliphatic heterocycles. The first-order valence-electron chi connectivity index (χ1n) is 7.85. The SMILES string of the molecule is CC1Cc2ccccc2N1C(=O)c1coc(NC(=O)c2ccco2)n1. The predicted octanol–water partition coefficient (Wildman–Crippen LogP) is 3.11. The smallest absolute Gasteiger partial charge is 0.302 e. The molecule has 0 aliphatic carbocycles. The highest BCUT2D eigenvalue weighted by Crippen LogP contribution is 2.33. The van der Waals surface area contributed by atoms with Crippen LogP contribution in [0.5, 0.6) is 0 Å². The number of para-hydroxylation sites is 1. The van der Waals surface area contributed by atoms with Crippen molar-refractivity contribution in [3.05, 3.63) is 65.9 Å². The molecule has 0 saturated carbocycles. The van der Waals surface area contributed by atoms with Crippen LogP contribution in [0.25, 0.3) is 0 Å². The maximum atomic E-state index is 12.8. The van der Waals surface area contributed by atoms with Crippen LogP contribution in [0.1, 0.15) is 33.5 Å². The molecule has 0 spiro atoms. The van der Waals surface area contributed by atoms with Gasteiger partial charge in [-0.15, -0.1) is 0 Å². The second kappa shape index (κ2) is 5.94. The molecular weight excluding hydrogens is 322 g/mol. The molecule has 1 atom stereocenters. The number of amides is 2. The van der Waals surface area contributed by atoms with Gasteiger partial charge in [0.05, 0.1) is 6.26 Å². The summed E-state index contributed by atoms with van der Waals surface area (Å²) < 4.78 is 10.2. The van der Waals surface area contributed by atoms with E-state index in [0.717, 1.165) is 17.7 Å². The number of nitrogens with one attached hydrogen (secondary N) is 1. The van der Waals surface area contributed by atoms with Gasteiger partial charge in [0.2, 0.25) is 0 Å². The van der Waals surface area contributed by atoms with E-state index in [2.05, 4.69) is 10.3 Å². The summed E-state index contributed by atoms with van der Waals surface area (Å²) in [5, 5.41) is 2.46. The van der Waals surface area contributed by atoms with Gasteiger partial charge in [0.25, 0.3) is 11.8 Å². The summed E-state index contributed by atoms with van der Waals surface area (Å²) in [5.74, 6) is -0.626. The highest BCUT2D eigenvalue weighted by molar-refractivity contribution is 6.07. The van der Waals surface area contributed by atoms with Gasteiger partial charge in [0.1, 0.15) is 6.26 Å². The molecule has 3 aromatic rings. The third kappa shape index (κ3) is 2.69. The summed E-state index contributed by atoms with van der Waals surface area (Å²) in [5.41, 5.74) is 2.14. The zero-order valence-electron chi connectivity index (χ0n) is 13.4. The van der Waals surface area contributed by atoms with Crippen molar-refractivity contribution in [1.29, 1.82) is 0 Å². The molecular formula is C18H15N3O4. The molecule has 0 bridgehead atoms. The first-order valence-corrected chi connectivity index (χ1v) is 7.85. The maximum absolute atomic E-state index is 12.8. The number of benzene rings is 1. The van der Waals surface area contributed by atoms with E-state index in [1.807, 2.05) is 31.2 Å². The van der Waals surface area contributed by atoms with E-state index in [0.29, 0.717) is 0 Å². The number of fused-ring (bicyclic) bond motifs is 1. The Balaban J connectivity index is 1.54. The molecule has 2 amide bonds. The van der Waals surface area contributed by atoms with Crippen molar-refractivity contribution >= 4 is 23.5 Å². The fraction of sp³-hybridized carbons (Fsp3) is 0.167. The van der Waals surface area contributed by atoms with Crippen LogP contribution >= 0.6 is 0 Å². The largest absolute Gasteiger partial charge is 0.459 e. The van der Waals surface area contributed by atoms with Gasteiger partial charge in [-0.1, -0.05) is 18.2 Å². The van der Waals surface area contributed by atoms with E-state index in [-0.39, 0.29) is 29.4 Å². The van der Waals surface area contributed by atoms with Gasteiger partial charge in [-0.05, 0) is 37.1 Å². The van der Waals surface area contributed by atoms with Crippen LogP contribution < -0.4 is 10.2 Å². The molecule has 7 nitrogen and oxygen atoms in total. The lowest BCUT2D eigenvalue weighted by Gasteiger charge is -2.21. The Labute approximate surface area is 143 Å². The van der Waals surface area contributed by atoms with Crippen LogP contribution in [0.2, 0.25) is 0 Å². The highest BCUT2D eigenvalue weighted by Gasteiger charge is 2.32. The molecule has 4 rings (SSSR count). The summed E-state index contributed by atoms with van der Waals surface area (Å²) >= 11 is 0. The average Bonchev–Trinajstić information content (AvgIpc) is 3.33.